The quantitative estimate of drug-likeness (QED) is 0.642. The molecule has 0 atom stereocenters. The third-order valence-corrected chi connectivity index (χ3v) is 2.13. The van der Waals surface area contributed by atoms with Crippen molar-refractivity contribution in [3.8, 4) is 0 Å². The molecule has 0 aromatic carbocycles. The molecule has 0 aliphatic rings. The van der Waals surface area contributed by atoms with Crippen LogP contribution in [-0.2, 0) is 11.3 Å². The number of nitrogens with one attached hydrogen (secondary N) is 2. The summed E-state index contributed by atoms with van der Waals surface area (Å²) in [6.45, 7) is 7.77. The number of ether oxygens (including phenoxy) is 1. The second-order valence-electron chi connectivity index (χ2n) is 4.05. The summed E-state index contributed by atoms with van der Waals surface area (Å²) < 4.78 is 5.48. The first kappa shape index (κ1) is 12.2. The first-order valence-corrected chi connectivity index (χ1v) is 5.54. The van der Waals surface area contributed by atoms with Crippen LogP contribution in [0.5, 0.6) is 0 Å². The predicted octanol–water partition coefficient (Wildman–Crippen LogP) is 1.56. The lowest BCUT2D eigenvalue weighted by Gasteiger charge is -2.06. The number of rotatable bonds is 8. The third kappa shape index (κ3) is 6.25. The first-order chi connectivity index (χ1) is 7.29. The number of nitrogens with zero attached hydrogens (tertiary/aromatic N) is 1. The number of imidazole rings is 1. The van der Waals surface area contributed by atoms with Crippen LogP contribution in [0.4, 0.5) is 0 Å². The maximum absolute atomic E-state index is 5.48. The summed E-state index contributed by atoms with van der Waals surface area (Å²) in [6.07, 6.45) is 4.66. The minimum absolute atomic E-state index is 0.725. The van der Waals surface area contributed by atoms with Crippen molar-refractivity contribution in [2.45, 2.75) is 26.8 Å². The van der Waals surface area contributed by atoms with Crippen molar-refractivity contribution in [3.63, 3.8) is 0 Å². The number of aromatic amines is 1. The van der Waals surface area contributed by atoms with Crippen molar-refractivity contribution in [1.29, 1.82) is 0 Å². The average Bonchev–Trinajstić information content (AvgIpc) is 2.68. The van der Waals surface area contributed by atoms with Gasteiger partial charge in [0.05, 0.1) is 12.9 Å². The Morgan fingerprint density at radius 3 is 3.00 bits per heavy atom. The van der Waals surface area contributed by atoms with Crippen LogP contribution in [0.25, 0.3) is 0 Å². The zero-order valence-corrected chi connectivity index (χ0v) is 9.62. The standard InChI is InChI=1S/C11H21N3O/c1-10(2)3-5-15-6-4-12-7-11-8-13-9-14-11/h8-10,12H,3-7H2,1-2H3,(H,13,14). The Morgan fingerprint density at radius 2 is 2.33 bits per heavy atom. The molecule has 0 amide bonds. The van der Waals surface area contributed by atoms with Gasteiger partial charge in [-0.15, -0.1) is 0 Å². The molecule has 86 valence electrons. The third-order valence-electron chi connectivity index (χ3n) is 2.13. The largest absolute Gasteiger partial charge is 0.380 e. The molecule has 0 spiro atoms. The highest BCUT2D eigenvalue weighted by molar-refractivity contribution is 4.92. The normalized spacial score (nSPS) is 11.1. The lowest BCUT2D eigenvalue weighted by molar-refractivity contribution is 0.125. The second-order valence-corrected chi connectivity index (χ2v) is 4.05. The van der Waals surface area contributed by atoms with E-state index in [0.717, 1.165) is 44.3 Å². The zero-order chi connectivity index (χ0) is 10.9. The molecule has 0 fully saturated rings. The van der Waals surface area contributed by atoms with Crippen molar-refractivity contribution in [1.82, 2.24) is 15.3 Å². The molecule has 0 bridgehead atoms. The molecule has 0 radical (unpaired) electrons. The maximum Gasteiger partial charge on any atom is 0.0922 e. The SMILES string of the molecule is CC(C)CCOCCNCc1cnc[nH]1. The van der Waals surface area contributed by atoms with Gasteiger partial charge in [0.25, 0.3) is 0 Å². The lowest BCUT2D eigenvalue weighted by atomic mass is 10.1. The Morgan fingerprint density at radius 1 is 1.47 bits per heavy atom. The van der Waals surface area contributed by atoms with Crippen molar-refractivity contribution in [3.05, 3.63) is 18.2 Å². The van der Waals surface area contributed by atoms with Crippen LogP contribution in [0.1, 0.15) is 26.0 Å². The van der Waals surface area contributed by atoms with Gasteiger partial charge in [0.15, 0.2) is 0 Å². The van der Waals surface area contributed by atoms with E-state index in [1.807, 2.05) is 6.20 Å². The van der Waals surface area contributed by atoms with E-state index in [4.69, 9.17) is 4.74 Å². The van der Waals surface area contributed by atoms with Gasteiger partial charge >= 0.3 is 0 Å². The molecule has 1 aromatic heterocycles. The fraction of sp³-hybridized carbons (Fsp3) is 0.727. The molecule has 0 aliphatic heterocycles. The molecular formula is C11H21N3O. The van der Waals surface area contributed by atoms with Gasteiger partial charge in [-0.3, -0.25) is 0 Å². The predicted molar refractivity (Wildman–Crippen MR) is 60.6 cm³/mol. The number of hydrogen-bond donors (Lipinski definition) is 2. The van der Waals surface area contributed by atoms with E-state index in [1.165, 1.54) is 0 Å². The Kier molecular flexibility index (Phi) is 6.04. The molecule has 0 saturated heterocycles. The first-order valence-electron chi connectivity index (χ1n) is 5.54. The average molecular weight is 211 g/mol. The van der Waals surface area contributed by atoms with Crippen molar-refractivity contribution in [2.24, 2.45) is 5.92 Å². The van der Waals surface area contributed by atoms with Crippen LogP contribution in [-0.4, -0.2) is 29.7 Å². The molecular weight excluding hydrogens is 190 g/mol. The summed E-state index contributed by atoms with van der Waals surface area (Å²) in [6, 6.07) is 0. The van der Waals surface area contributed by atoms with E-state index in [-0.39, 0.29) is 0 Å². The zero-order valence-electron chi connectivity index (χ0n) is 9.62. The van der Waals surface area contributed by atoms with Crippen LogP contribution in [0.15, 0.2) is 12.5 Å². The highest BCUT2D eigenvalue weighted by atomic mass is 16.5. The molecule has 4 heteroatoms. The summed E-state index contributed by atoms with van der Waals surface area (Å²) in [5, 5.41) is 3.28. The van der Waals surface area contributed by atoms with Gasteiger partial charge in [0.1, 0.15) is 0 Å². The Bertz CT molecular complexity index is 234. The molecule has 0 aliphatic carbocycles. The Hall–Kier alpha value is -0.870. The summed E-state index contributed by atoms with van der Waals surface area (Å²) >= 11 is 0. The fourth-order valence-corrected chi connectivity index (χ4v) is 1.17. The summed E-state index contributed by atoms with van der Waals surface area (Å²) in [7, 11) is 0. The molecule has 1 aromatic rings. The lowest BCUT2D eigenvalue weighted by Crippen LogP contribution is -2.19. The second kappa shape index (κ2) is 7.43. The molecule has 2 N–H and O–H groups in total. The molecule has 1 rings (SSSR count). The van der Waals surface area contributed by atoms with Crippen LogP contribution in [0.3, 0.4) is 0 Å². The highest BCUT2D eigenvalue weighted by Gasteiger charge is 1.95. The summed E-state index contributed by atoms with van der Waals surface area (Å²) in [5.74, 6) is 0.725. The van der Waals surface area contributed by atoms with E-state index >= 15 is 0 Å². The van der Waals surface area contributed by atoms with Crippen LogP contribution in [0.2, 0.25) is 0 Å². The van der Waals surface area contributed by atoms with Gasteiger partial charge in [0.2, 0.25) is 0 Å². The maximum atomic E-state index is 5.48. The monoisotopic (exact) mass is 211 g/mol. The van der Waals surface area contributed by atoms with Crippen LogP contribution < -0.4 is 5.32 Å². The van der Waals surface area contributed by atoms with E-state index in [1.54, 1.807) is 6.33 Å². The molecule has 4 nitrogen and oxygen atoms in total. The van der Waals surface area contributed by atoms with Gasteiger partial charge in [-0.1, -0.05) is 13.8 Å². The molecule has 1 heterocycles. The number of H-pyrrole nitrogens is 1. The van der Waals surface area contributed by atoms with Crippen LogP contribution in [0, 0.1) is 5.92 Å². The Labute approximate surface area is 91.4 Å². The summed E-state index contributed by atoms with van der Waals surface area (Å²) in [5.41, 5.74) is 1.11. The molecule has 0 unspecified atom stereocenters. The topological polar surface area (TPSA) is 49.9 Å². The van der Waals surface area contributed by atoms with Crippen molar-refractivity contribution in [2.75, 3.05) is 19.8 Å². The van der Waals surface area contributed by atoms with Gasteiger partial charge in [-0.2, -0.15) is 0 Å². The number of hydrogen-bond acceptors (Lipinski definition) is 3. The van der Waals surface area contributed by atoms with E-state index in [9.17, 15) is 0 Å². The van der Waals surface area contributed by atoms with Gasteiger partial charge in [-0.05, 0) is 12.3 Å². The van der Waals surface area contributed by atoms with Gasteiger partial charge in [-0.25, -0.2) is 4.98 Å². The van der Waals surface area contributed by atoms with Crippen molar-refractivity contribution < 1.29 is 4.74 Å². The van der Waals surface area contributed by atoms with Gasteiger partial charge in [0, 0.05) is 31.6 Å². The van der Waals surface area contributed by atoms with E-state index < -0.39 is 0 Å². The highest BCUT2D eigenvalue weighted by Crippen LogP contribution is 1.98. The fourth-order valence-electron chi connectivity index (χ4n) is 1.17. The van der Waals surface area contributed by atoms with Crippen molar-refractivity contribution >= 4 is 0 Å². The minimum Gasteiger partial charge on any atom is -0.380 e. The smallest absolute Gasteiger partial charge is 0.0922 e. The Balaban J connectivity index is 1.85. The summed E-state index contributed by atoms with van der Waals surface area (Å²) in [4.78, 5) is 6.98. The molecule has 15 heavy (non-hydrogen) atoms. The van der Waals surface area contributed by atoms with E-state index in [2.05, 4.69) is 29.1 Å². The molecule has 0 saturated carbocycles. The van der Waals surface area contributed by atoms with Gasteiger partial charge < -0.3 is 15.0 Å². The number of aromatic nitrogens is 2. The minimum atomic E-state index is 0.725. The van der Waals surface area contributed by atoms with E-state index in [0.29, 0.717) is 0 Å². The van der Waals surface area contributed by atoms with Crippen LogP contribution >= 0.6 is 0 Å².